The summed E-state index contributed by atoms with van der Waals surface area (Å²) >= 11 is 0. The quantitative estimate of drug-likeness (QED) is 0.829. The average molecular weight is 367 g/mol. The Hall–Kier alpha value is -2.28. The second-order valence-corrected chi connectivity index (χ2v) is 6.74. The molecule has 0 spiro atoms. The lowest BCUT2D eigenvalue weighted by atomic mass is 10.1. The van der Waals surface area contributed by atoms with E-state index in [1.807, 2.05) is 36.4 Å². The molecule has 1 atom stereocenters. The van der Waals surface area contributed by atoms with Gasteiger partial charge in [-0.05, 0) is 25.3 Å². The topological polar surface area (TPSA) is 38.8 Å². The van der Waals surface area contributed by atoms with Crippen molar-refractivity contribution in [3.63, 3.8) is 0 Å². The molecule has 3 rings (SSSR count). The van der Waals surface area contributed by atoms with Gasteiger partial charge in [0.2, 0.25) is 0 Å². The lowest BCUT2D eigenvalue weighted by Gasteiger charge is -2.38. The SMILES string of the molecule is CC(C)(Oc1cccc2ccccc12)C(=O)N1CCO[C@H](C(F)(F)F)C1. The lowest BCUT2D eigenvalue weighted by Crippen LogP contribution is -2.57. The van der Waals surface area contributed by atoms with Crippen molar-refractivity contribution in [3.8, 4) is 5.75 Å². The van der Waals surface area contributed by atoms with Gasteiger partial charge in [-0.1, -0.05) is 36.4 Å². The van der Waals surface area contributed by atoms with E-state index in [1.54, 1.807) is 19.9 Å². The van der Waals surface area contributed by atoms with Crippen molar-refractivity contribution in [3.05, 3.63) is 42.5 Å². The predicted octanol–water partition coefficient (Wildman–Crippen LogP) is 3.79. The molecule has 26 heavy (non-hydrogen) atoms. The number of amides is 1. The van der Waals surface area contributed by atoms with Crippen LogP contribution in [0.25, 0.3) is 10.8 Å². The van der Waals surface area contributed by atoms with Gasteiger partial charge in [0.25, 0.3) is 5.91 Å². The van der Waals surface area contributed by atoms with E-state index < -0.39 is 30.3 Å². The maximum absolute atomic E-state index is 12.9. The number of nitrogens with zero attached hydrogens (tertiary/aromatic N) is 1. The molecule has 0 radical (unpaired) electrons. The van der Waals surface area contributed by atoms with Gasteiger partial charge in [-0.15, -0.1) is 0 Å². The number of hydrogen-bond donors (Lipinski definition) is 0. The third kappa shape index (κ3) is 3.77. The highest BCUT2D eigenvalue weighted by atomic mass is 19.4. The van der Waals surface area contributed by atoms with Crippen molar-refractivity contribution in [2.45, 2.75) is 31.7 Å². The first-order chi connectivity index (χ1) is 12.2. The first-order valence-corrected chi connectivity index (χ1v) is 8.33. The number of fused-ring (bicyclic) bond motifs is 1. The molecule has 1 amide bonds. The highest BCUT2D eigenvalue weighted by molar-refractivity contribution is 5.90. The summed E-state index contributed by atoms with van der Waals surface area (Å²) in [6.07, 6.45) is -6.46. The minimum atomic E-state index is -4.50. The fourth-order valence-corrected chi connectivity index (χ4v) is 3.02. The summed E-state index contributed by atoms with van der Waals surface area (Å²) in [6, 6.07) is 13.0. The van der Waals surface area contributed by atoms with E-state index in [-0.39, 0.29) is 13.2 Å². The van der Waals surface area contributed by atoms with Crippen LogP contribution in [0.3, 0.4) is 0 Å². The number of rotatable bonds is 3. The van der Waals surface area contributed by atoms with Crippen LogP contribution in [0.2, 0.25) is 0 Å². The van der Waals surface area contributed by atoms with Crippen LogP contribution in [0, 0.1) is 0 Å². The maximum atomic E-state index is 12.9. The molecule has 0 aromatic heterocycles. The van der Waals surface area contributed by atoms with Crippen LogP contribution in [0.15, 0.2) is 42.5 Å². The van der Waals surface area contributed by atoms with E-state index >= 15 is 0 Å². The molecule has 1 heterocycles. The summed E-state index contributed by atoms with van der Waals surface area (Å²) in [7, 11) is 0. The van der Waals surface area contributed by atoms with Gasteiger partial charge in [-0.2, -0.15) is 13.2 Å². The molecule has 0 aliphatic carbocycles. The second-order valence-electron chi connectivity index (χ2n) is 6.74. The van der Waals surface area contributed by atoms with Gasteiger partial charge in [0.05, 0.1) is 13.2 Å². The largest absolute Gasteiger partial charge is 0.477 e. The van der Waals surface area contributed by atoms with E-state index in [0.717, 1.165) is 15.7 Å². The van der Waals surface area contributed by atoms with E-state index in [0.29, 0.717) is 5.75 Å². The molecule has 1 aliphatic rings. The van der Waals surface area contributed by atoms with Crippen molar-refractivity contribution in [2.75, 3.05) is 19.7 Å². The Labute approximate surface area is 149 Å². The molecular formula is C19H20F3NO3. The summed E-state index contributed by atoms with van der Waals surface area (Å²) in [5.74, 6) is 0.0186. The number of halogens is 3. The molecule has 2 aromatic rings. The molecule has 140 valence electrons. The molecule has 2 aromatic carbocycles. The predicted molar refractivity (Wildman–Crippen MR) is 91.0 cm³/mol. The lowest BCUT2D eigenvalue weighted by molar-refractivity contribution is -0.237. The molecule has 4 nitrogen and oxygen atoms in total. The van der Waals surface area contributed by atoms with E-state index in [4.69, 9.17) is 9.47 Å². The zero-order chi connectivity index (χ0) is 18.9. The minimum absolute atomic E-state index is 0.105. The van der Waals surface area contributed by atoms with Crippen molar-refractivity contribution in [2.24, 2.45) is 0 Å². The fraction of sp³-hybridized carbons (Fsp3) is 0.421. The molecule has 0 N–H and O–H groups in total. The summed E-state index contributed by atoms with van der Waals surface area (Å²) < 4.78 is 49.4. The van der Waals surface area contributed by atoms with Gasteiger partial charge in [-0.3, -0.25) is 4.79 Å². The third-order valence-electron chi connectivity index (χ3n) is 4.35. The first kappa shape index (κ1) is 18.5. The Morgan fingerprint density at radius 3 is 2.58 bits per heavy atom. The Balaban J connectivity index is 1.80. The van der Waals surface area contributed by atoms with Gasteiger partial charge in [0.15, 0.2) is 11.7 Å². The van der Waals surface area contributed by atoms with Crippen LogP contribution in [0.5, 0.6) is 5.75 Å². The number of carbonyl (C=O) groups is 1. The Morgan fingerprint density at radius 1 is 1.15 bits per heavy atom. The first-order valence-electron chi connectivity index (χ1n) is 8.33. The summed E-state index contributed by atoms with van der Waals surface area (Å²) in [4.78, 5) is 14.0. The van der Waals surface area contributed by atoms with Gasteiger partial charge >= 0.3 is 6.18 Å². The normalized spacial score (nSPS) is 18.8. The molecule has 7 heteroatoms. The molecule has 1 fully saturated rings. The monoisotopic (exact) mass is 367 g/mol. The molecular weight excluding hydrogens is 347 g/mol. The van der Waals surface area contributed by atoms with Gasteiger partial charge in [-0.25, -0.2) is 0 Å². The minimum Gasteiger partial charge on any atom is -0.477 e. The summed E-state index contributed by atoms with van der Waals surface area (Å²) in [5, 5.41) is 1.79. The van der Waals surface area contributed by atoms with Crippen molar-refractivity contribution in [1.29, 1.82) is 0 Å². The standard InChI is InChI=1S/C19H20F3NO3/c1-18(2,17(24)23-10-11-25-16(12-23)19(20,21)22)26-15-9-5-7-13-6-3-4-8-14(13)15/h3-9,16H,10-12H2,1-2H3/t16-/m0/s1. The van der Waals surface area contributed by atoms with Gasteiger partial charge < -0.3 is 14.4 Å². The second kappa shape index (κ2) is 6.79. The van der Waals surface area contributed by atoms with Crippen LogP contribution in [0.1, 0.15) is 13.8 Å². The summed E-state index contributed by atoms with van der Waals surface area (Å²) in [6.45, 7) is 2.56. The van der Waals surface area contributed by atoms with Crippen LogP contribution >= 0.6 is 0 Å². The molecule has 1 aliphatic heterocycles. The molecule has 1 saturated heterocycles. The maximum Gasteiger partial charge on any atom is 0.416 e. The Morgan fingerprint density at radius 2 is 1.85 bits per heavy atom. The number of carbonyl (C=O) groups excluding carboxylic acids is 1. The van der Waals surface area contributed by atoms with Crippen LogP contribution in [0.4, 0.5) is 13.2 Å². The van der Waals surface area contributed by atoms with E-state index in [2.05, 4.69) is 0 Å². The summed E-state index contributed by atoms with van der Waals surface area (Å²) in [5.41, 5.74) is -1.31. The third-order valence-corrected chi connectivity index (χ3v) is 4.35. The Kier molecular flexibility index (Phi) is 4.84. The van der Waals surface area contributed by atoms with Crippen molar-refractivity contribution in [1.82, 2.24) is 4.90 Å². The van der Waals surface area contributed by atoms with E-state index in [9.17, 15) is 18.0 Å². The fourth-order valence-electron chi connectivity index (χ4n) is 3.02. The molecule has 0 saturated carbocycles. The van der Waals surface area contributed by atoms with Crippen LogP contribution in [-0.4, -0.2) is 48.4 Å². The highest BCUT2D eigenvalue weighted by Gasteiger charge is 2.46. The van der Waals surface area contributed by atoms with E-state index in [1.165, 1.54) is 0 Å². The Bertz CT molecular complexity index is 799. The smallest absolute Gasteiger partial charge is 0.416 e. The van der Waals surface area contributed by atoms with Gasteiger partial charge in [0.1, 0.15) is 5.75 Å². The number of hydrogen-bond acceptors (Lipinski definition) is 3. The molecule has 0 bridgehead atoms. The molecule has 0 unspecified atom stereocenters. The number of alkyl halides is 3. The average Bonchev–Trinajstić information content (AvgIpc) is 2.60. The van der Waals surface area contributed by atoms with Crippen molar-refractivity contribution < 1.29 is 27.4 Å². The van der Waals surface area contributed by atoms with Crippen LogP contribution < -0.4 is 4.74 Å². The number of ether oxygens (including phenoxy) is 2. The van der Waals surface area contributed by atoms with Gasteiger partial charge in [0, 0.05) is 11.9 Å². The van der Waals surface area contributed by atoms with Crippen LogP contribution in [-0.2, 0) is 9.53 Å². The zero-order valence-corrected chi connectivity index (χ0v) is 14.5. The highest BCUT2D eigenvalue weighted by Crippen LogP contribution is 2.31. The number of benzene rings is 2. The number of morpholine rings is 1. The van der Waals surface area contributed by atoms with Crippen molar-refractivity contribution >= 4 is 16.7 Å². The zero-order valence-electron chi connectivity index (χ0n) is 14.5.